The minimum Gasteiger partial charge on any atom is -0.357 e. The topological polar surface area (TPSA) is 63.5 Å². The van der Waals surface area contributed by atoms with Crippen LogP contribution in [0.3, 0.4) is 0 Å². The normalized spacial score (nSPS) is 19.2. The van der Waals surface area contributed by atoms with Crippen LogP contribution < -0.4 is 10.6 Å². The molecule has 2 aromatic carbocycles. The number of hydrogen-bond acceptors (Lipinski definition) is 3. The van der Waals surface area contributed by atoms with Gasteiger partial charge in [0.25, 0.3) is 0 Å². The first kappa shape index (κ1) is 25.1. The molecule has 2 N–H and O–H groups in total. The van der Waals surface area contributed by atoms with Crippen molar-refractivity contribution in [3.8, 4) is 6.07 Å². The number of nitriles is 1. The Morgan fingerprint density at radius 2 is 2.03 bits per heavy atom. The lowest BCUT2D eigenvalue weighted by atomic mass is 9.97. The maximum absolute atomic E-state index is 14.0. The van der Waals surface area contributed by atoms with E-state index in [-0.39, 0.29) is 36.3 Å². The molecule has 1 aliphatic heterocycles. The minimum atomic E-state index is -0.337. The van der Waals surface area contributed by atoms with Crippen LogP contribution in [0, 0.1) is 17.1 Å². The van der Waals surface area contributed by atoms with Crippen LogP contribution >= 0.6 is 24.0 Å². The monoisotopic (exact) mass is 535 g/mol. The van der Waals surface area contributed by atoms with E-state index in [1.165, 1.54) is 17.7 Å². The Morgan fingerprint density at radius 3 is 2.71 bits per heavy atom. The number of nitrogens with zero attached hydrogens (tertiary/aromatic N) is 3. The second-order valence-electron chi connectivity index (χ2n) is 7.78. The lowest BCUT2D eigenvalue weighted by molar-refractivity contribution is 0.134. The Hall–Kier alpha value is -2.18. The summed E-state index contributed by atoms with van der Waals surface area (Å²) in [6.45, 7) is 7.19. The fourth-order valence-electron chi connectivity index (χ4n) is 3.85. The number of aliphatic imine (C=N–C) groups is 1. The average Bonchev–Trinajstić information content (AvgIpc) is 2.76. The van der Waals surface area contributed by atoms with Gasteiger partial charge in [-0.25, -0.2) is 9.38 Å². The summed E-state index contributed by atoms with van der Waals surface area (Å²) in [5.41, 5.74) is 2.21. The van der Waals surface area contributed by atoms with Gasteiger partial charge in [-0.15, -0.1) is 24.0 Å². The molecule has 7 heteroatoms. The largest absolute Gasteiger partial charge is 0.357 e. The fraction of sp³-hybridized carbons (Fsp3) is 0.417. The molecule has 166 valence electrons. The number of benzene rings is 2. The first-order chi connectivity index (χ1) is 14.6. The Morgan fingerprint density at radius 1 is 1.26 bits per heavy atom. The predicted molar refractivity (Wildman–Crippen MR) is 134 cm³/mol. The van der Waals surface area contributed by atoms with E-state index in [4.69, 9.17) is 5.26 Å². The van der Waals surface area contributed by atoms with E-state index in [1.807, 2.05) is 19.1 Å². The van der Waals surface area contributed by atoms with Crippen LogP contribution in [0.1, 0.15) is 43.4 Å². The number of nitrogens with one attached hydrogen (secondary N) is 2. The zero-order valence-corrected chi connectivity index (χ0v) is 20.5. The summed E-state index contributed by atoms with van der Waals surface area (Å²) in [4.78, 5) is 7.07. The SMILES string of the molecule is CCNC(=NCc1cc(C#N)ccc1F)NC1CCN(Cc2ccccc2)C(C)C1.I. The Labute approximate surface area is 201 Å². The molecule has 5 nitrogen and oxygen atoms in total. The second kappa shape index (κ2) is 12.6. The van der Waals surface area contributed by atoms with Gasteiger partial charge in [-0.2, -0.15) is 5.26 Å². The number of guanidine groups is 1. The summed E-state index contributed by atoms with van der Waals surface area (Å²) in [5, 5.41) is 15.8. The van der Waals surface area contributed by atoms with Gasteiger partial charge in [-0.05, 0) is 50.5 Å². The number of rotatable bonds is 6. The Kier molecular flexibility index (Phi) is 10.2. The lowest BCUT2D eigenvalue weighted by Crippen LogP contribution is -2.51. The molecule has 2 aromatic rings. The molecule has 31 heavy (non-hydrogen) atoms. The molecule has 3 rings (SSSR count). The van der Waals surface area contributed by atoms with E-state index < -0.39 is 0 Å². The molecule has 1 aliphatic rings. The van der Waals surface area contributed by atoms with E-state index in [2.05, 4.69) is 51.7 Å². The van der Waals surface area contributed by atoms with E-state index >= 15 is 0 Å². The molecule has 0 aliphatic carbocycles. The highest BCUT2D eigenvalue weighted by Crippen LogP contribution is 2.20. The van der Waals surface area contributed by atoms with Gasteiger partial charge in [0.2, 0.25) is 0 Å². The molecule has 2 atom stereocenters. The van der Waals surface area contributed by atoms with Gasteiger partial charge in [0, 0.05) is 37.3 Å². The van der Waals surface area contributed by atoms with Crippen LogP contribution in [0.15, 0.2) is 53.5 Å². The third-order valence-electron chi connectivity index (χ3n) is 5.51. The number of likely N-dealkylation sites (tertiary alicyclic amines) is 1. The van der Waals surface area contributed by atoms with Gasteiger partial charge >= 0.3 is 0 Å². The van der Waals surface area contributed by atoms with E-state index in [1.54, 1.807) is 6.07 Å². The number of halogens is 2. The predicted octanol–water partition coefficient (Wildman–Crippen LogP) is 4.42. The summed E-state index contributed by atoms with van der Waals surface area (Å²) in [7, 11) is 0. The molecular formula is C24H31FIN5. The van der Waals surface area contributed by atoms with Crippen molar-refractivity contribution in [2.45, 2.75) is 51.9 Å². The van der Waals surface area contributed by atoms with Crippen molar-refractivity contribution in [3.63, 3.8) is 0 Å². The first-order valence-electron chi connectivity index (χ1n) is 10.6. The van der Waals surface area contributed by atoms with Gasteiger partial charge in [0.05, 0.1) is 18.2 Å². The average molecular weight is 535 g/mol. The van der Waals surface area contributed by atoms with Gasteiger partial charge in [0.15, 0.2) is 5.96 Å². The smallest absolute Gasteiger partial charge is 0.191 e. The van der Waals surface area contributed by atoms with Crippen LogP contribution in [0.4, 0.5) is 4.39 Å². The van der Waals surface area contributed by atoms with E-state index in [9.17, 15) is 4.39 Å². The van der Waals surface area contributed by atoms with Crippen molar-refractivity contribution in [2.24, 2.45) is 4.99 Å². The van der Waals surface area contributed by atoms with Crippen molar-refractivity contribution in [1.29, 1.82) is 5.26 Å². The molecule has 0 radical (unpaired) electrons. The van der Waals surface area contributed by atoms with E-state index in [0.717, 1.165) is 32.5 Å². The van der Waals surface area contributed by atoms with Crippen molar-refractivity contribution in [2.75, 3.05) is 13.1 Å². The zero-order chi connectivity index (χ0) is 21.3. The highest BCUT2D eigenvalue weighted by Gasteiger charge is 2.26. The lowest BCUT2D eigenvalue weighted by Gasteiger charge is -2.38. The highest BCUT2D eigenvalue weighted by atomic mass is 127. The molecule has 0 aromatic heterocycles. The molecule has 1 heterocycles. The standard InChI is InChI=1S/C24H30FN5.HI/c1-3-27-24(28-16-21-14-20(15-26)9-10-23(21)25)29-22-11-12-30(18(2)13-22)17-19-7-5-4-6-8-19;/h4-10,14,18,22H,3,11-13,16-17H2,1-2H3,(H2,27,28,29);1H. The number of piperidine rings is 1. The van der Waals surface area contributed by atoms with Crippen LogP contribution in [0.5, 0.6) is 0 Å². The molecule has 0 saturated carbocycles. The molecule has 0 spiro atoms. The molecular weight excluding hydrogens is 504 g/mol. The van der Waals surface area contributed by atoms with Crippen LogP contribution in [0.2, 0.25) is 0 Å². The maximum atomic E-state index is 14.0. The summed E-state index contributed by atoms with van der Waals surface area (Å²) >= 11 is 0. The first-order valence-corrected chi connectivity index (χ1v) is 10.6. The number of hydrogen-bond donors (Lipinski definition) is 2. The van der Waals surface area contributed by atoms with Crippen LogP contribution in [-0.2, 0) is 13.1 Å². The Bertz CT molecular complexity index is 897. The zero-order valence-electron chi connectivity index (χ0n) is 18.1. The van der Waals surface area contributed by atoms with Crippen molar-refractivity contribution in [3.05, 3.63) is 71.0 Å². The van der Waals surface area contributed by atoms with Crippen LogP contribution in [0.25, 0.3) is 0 Å². The summed E-state index contributed by atoms with van der Waals surface area (Å²) < 4.78 is 14.0. The maximum Gasteiger partial charge on any atom is 0.191 e. The van der Waals surface area contributed by atoms with E-state index in [0.29, 0.717) is 29.2 Å². The van der Waals surface area contributed by atoms with Crippen LogP contribution in [-0.4, -0.2) is 36.0 Å². The van der Waals surface area contributed by atoms with Gasteiger partial charge in [-0.1, -0.05) is 30.3 Å². The third-order valence-corrected chi connectivity index (χ3v) is 5.51. The molecule has 0 bridgehead atoms. The van der Waals surface area contributed by atoms with Crippen molar-refractivity contribution >= 4 is 29.9 Å². The molecule has 1 fully saturated rings. The highest BCUT2D eigenvalue weighted by molar-refractivity contribution is 14.0. The Balaban J connectivity index is 0.00000341. The molecule has 2 unspecified atom stereocenters. The van der Waals surface area contributed by atoms with Gasteiger partial charge in [-0.3, -0.25) is 4.90 Å². The fourth-order valence-corrected chi connectivity index (χ4v) is 3.85. The summed E-state index contributed by atoms with van der Waals surface area (Å²) in [5.74, 6) is 0.351. The van der Waals surface area contributed by atoms with Gasteiger partial charge in [0.1, 0.15) is 5.82 Å². The minimum absolute atomic E-state index is 0. The molecule has 0 amide bonds. The molecule has 1 saturated heterocycles. The van der Waals surface area contributed by atoms with Crippen molar-refractivity contribution in [1.82, 2.24) is 15.5 Å². The summed E-state index contributed by atoms with van der Waals surface area (Å²) in [6.07, 6.45) is 2.05. The third kappa shape index (κ3) is 7.47. The van der Waals surface area contributed by atoms with Crippen molar-refractivity contribution < 1.29 is 4.39 Å². The summed E-state index contributed by atoms with van der Waals surface area (Å²) in [6, 6.07) is 17.8. The second-order valence-corrected chi connectivity index (χ2v) is 7.78. The quantitative estimate of drug-likeness (QED) is 0.327. The van der Waals surface area contributed by atoms with Gasteiger partial charge < -0.3 is 10.6 Å².